The smallest absolute Gasteiger partial charge is 0.128 e. The van der Waals surface area contributed by atoms with Crippen LogP contribution in [0.1, 0.15) is 11.1 Å². The summed E-state index contributed by atoms with van der Waals surface area (Å²) in [6.45, 7) is 0.230. The third kappa shape index (κ3) is 3.19. The molecule has 2 aromatic rings. The summed E-state index contributed by atoms with van der Waals surface area (Å²) in [4.78, 5) is 0. The van der Waals surface area contributed by atoms with Crippen molar-refractivity contribution in [1.29, 1.82) is 5.26 Å². The molecule has 0 saturated carbocycles. The molecular formula is C15H12ClFN2O. The first kappa shape index (κ1) is 14.2. The van der Waals surface area contributed by atoms with E-state index in [2.05, 4.69) is 5.32 Å². The van der Waals surface area contributed by atoms with Gasteiger partial charge in [-0.2, -0.15) is 5.26 Å². The van der Waals surface area contributed by atoms with Gasteiger partial charge in [-0.05, 0) is 30.3 Å². The van der Waals surface area contributed by atoms with E-state index < -0.39 is 0 Å². The second kappa shape index (κ2) is 6.27. The van der Waals surface area contributed by atoms with Crippen molar-refractivity contribution >= 4 is 17.3 Å². The quantitative estimate of drug-likeness (QED) is 0.926. The number of hydrogen-bond acceptors (Lipinski definition) is 3. The summed E-state index contributed by atoms with van der Waals surface area (Å²) in [5.41, 5.74) is 1.47. The molecular weight excluding hydrogens is 279 g/mol. The first-order valence-corrected chi connectivity index (χ1v) is 6.28. The number of anilines is 1. The van der Waals surface area contributed by atoms with Crippen LogP contribution in [0.15, 0.2) is 36.4 Å². The Morgan fingerprint density at radius 3 is 2.80 bits per heavy atom. The second-order valence-corrected chi connectivity index (χ2v) is 4.52. The number of benzene rings is 2. The van der Waals surface area contributed by atoms with E-state index in [-0.39, 0.29) is 12.4 Å². The maximum absolute atomic E-state index is 13.6. The molecule has 20 heavy (non-hydrogen) atoms. The Bertz CT molecular complexity index is 667. The zero-order valence-corrected chi connectivity index (χ0v) is 11.5. The van der Waals surface area contributed by atoms with Gasteiger partial charge in [0.25, 0.3) is 0 Å². The predicted molar refractivity (Wildman–Crippen MR) is 76.4 cm³/mol. The van der Waals surface area contributed by atoms with Crippen molar-refractivity contribution in [2.24, 2.45) is 0 Å². The Balaban J connectivity index is 2.18. The zero-order chi connectivity index (χ0) is 14.5. The molecule has 0 bridgehead atoms. The molecule has 0 heterocycles. The molecule has 1 N–H and O–H groups in total. The summed E-state index contributed by atoms with van der Waals surface area (Å²) in [5.74, 6) is 0.290. The van der Waals surface area contributed by atoms with Crippen LogP contribution < -0.4 is 10.1 Å². The molecule has 2 aromatic carbocycles. The predicted octanol–water partition coefficient (Wildman–Crippen LogP) is 3.97. The van der Waals surface area contributed by atoms with Crippen LogP contribution in [0.4, 0.5) is 10.1 Å². The number of ether oxygens (including phenoxy) is 1. The summed E-state index contributed by atoms with van der Waals surface area (Å²) in [6.07, 6.45) is 0. The van der Waals surface area contributed by atoms with Gasteiger partial charge < -0.3 is 10.1 Å². The Morgan fingerprint density at radius 1 is 1.30 bits per heavy atom. The summed E-state index contributed by atoms with van der Waals surface area (Å²) in [5, 5.41) is 12.4. The van der Waals surface area contributed by atoms with Gasteiger partial charge in [-0.1, -0.05) is 11.6 Å². The van der Waals surface area contributed by atoms with Gasteiger partial charge in [-0.3, -0.25) is 0 Å². The number of methoxy groups -OCH3 is 1. The fraction of sp³-hybridized carbons (Fsp3) is 0.133. The van der Waals surface area contributed by atoms with Gasteiger partial charge in [0.2, 0.25) is 0 Å². The fourth-order valence-corrected chi connectivity index (χ4v) is 1.92. The van der Waals surface area contributed by atoms with Crippen molar-refractivity contribution < 1.29 is 9.13 Å². The normalized spacial score (nSPS) is 9.90. The lowest BCUT2D eigenvalue weighted by Gasteiger charge is -2.11. The van der Waals surface area contributed by atoms with Crippen molar-refractivity contribution in [3.05, 3.63) is 58.4 Å². The van der Waals surface area contributed by atoms with Crippen LogP contribution >= 0.6 is 11.6 Å². The average Bonchev–Trinajstić information content (AvgIpc) is 2.48. The summed E-state index contributed by atoms with van der Waals surface area (Å²) >= 11 is 6.05. The number of nitrogens with zero attached hydrogens (tertiary/aromatic N) is 1. The Labute approximate surface area is 121 Å². The molecule has 102 valence electrons. The Hall–Kier alpha value is -2.25. The summed E-state index contributed by atoms with van der Waals surface area (Å²) < 4.78 is 18.8. The molecule has 3 nitrogen and oxygen atoms in total. The van der Waals surface area contributed by atoms with Crippen LogP contribution in [0, 0.1) is 17.1 Å². The van der Waals surface area contributed by atoms with Crippen LogP contribution in [-0.4, -0.2) is 7.11 Å². The van der Waals surface area contributed by atoms with Gasteiger partial charge >= 0.3 is 0 Å². The highest BCUT2D eigenvalue weighted by molar-refractivity contribution is 6.33. The first-order chi connectivity index (χ1) is 9.63. The van der Waals surface area contributed by atoms with Crippen molar-refractivity contribution in [3.63, 3.8) is 0 Å². The van der Waals surface area contributed by atoms with Gasteiger partial charge in [0.15, 0.2) is 0 Å². The summed E-state index contributed by atoms with van der Waals surface area (Å²) in [7, 11) is 1.56. The largest absolute Gasteiger partial charge is 0.497 e. The molecule has 0 aliphatic carbocycles. The molecule has 0 aromatic heterocycles. The lowest BCUT2D eigenvalue weighted by molar-refractivity contribution is 0.415. The van der Waals surface area contributed by atoms with E-state index in [4.69, 9.17) is 21.6 Å². The average molecular weight is 291 g/mol. The molecule has 0 radical (unpaired) electrons. The maximum Gasteiger partial charge on any atom is 0.128 e. The van der Waals surface area contributed by atoms with Gasteiger partial charge in [-0.25, -0.2) is 4.39 Å². The van der Waals surface area contributed by atoms with Gasteiger partial charge in [-0.15, -0.1) is 0 Å². The highest BCUT2D eigenvalue weighted by atomic mass is 35.5. The lowest BCUT2D eigenvalue weighted by atomic mass is 10.1. The molecule has 0 aliphatic heterocycles. The third-order valence-corrected chi connectivity index (χ3v) is 3.15. The number of hydrogen-bond donors (Lipinski definition) is 1. The number of halogens is 2. The van der Waals surface area contributed by atoms with Crippen LogP contribution in [0.25, 0.3) is 0 Å². The van der Waals surface area contributed by atoms with Crippen molar-refractivity contribution in [1.82, 2.24) is 0 Å². The van der Waals surface area contributed by atoms with E-state index in [1.807, 2.05) is 6.07 Å². The second-order valence-electron chi connectivity index (χ2n) is 4.12. The van der Waals surface area contributed by atoms with E-state index in [9.17, 15) is 4.39 Å². The molecule has 0 atom stereocenters. The van der Waals surface area contributed by atoms with Crippen LogP contribution in [-0.2, 0) is 6.54 Å². The summed E-state index contributed by atoms with van der Waals surface area (Å²) in [6, 6.07) is 11.4. The molecule has 0 unspecified atom stereocenters. The monoisotopic (exact) mass is 290 g/mol. The molecule has 0 amide bonds. The lowest BCUT2D eigenvalue weighted by Crippen LogP contribution is -2.03. The molecule has 0 saturated heterocycles. The SMILES string of the molecule is COc1ccc(Cl)c(NCc2cc(C#N)ccc2F)c1. The van der Waals surface area contributed by atoms with E-state index in [1.54, 1.807) is 25.3 Å². The Morgan fingerprint density at radius 2 is 2.10 bits per heavy atom. The van der Waals surface area contributed by atoms with Crippen molar-refractivity contribution in [3.8, 4) is 11.8 Å². The van der Waals surface area contributed by atoms with E-state index in [0.29, 0.717) is 27.6 Å². The minimum atomic E-state index is -0.365. The van der Waals surface area contributed by atoms with Gasteiger partial charge in [0, 0.05) is 18.2 Å². The first-order valence-electron chi connectivity index (χ1n) is 5.90. The van der Waals surface area contributed by atoms with Crippen LogP contribution in [0.5, 0.6) is 5.75 Å². The minimum Gasteiger partial charge on any atom is -0.497 e. The van der Waals surface area contributed by atoms with Crippen molar-refractivity contribution in [2.75, 3.05) is 12.4 Å². The number of rotatable bonds is 4. The van der Waals surface area contributed by atoms with Crippen LogP contribution in [0.2, 0.25) is 5.02 Å². The van der Waals surface area contributed by atoms with Gasteiger partial charge in [0.1, 0.15) is 11.6 Å². The molecule has 5 heteroatoms. The fourth-order valence-electron chi connectivity index (χ4n) is 1.74. The topological polar surface area (TPSA) is 45.0 Å². The van der Waals surface area contributed by atoms with E-state index >= 15 is 0 Å². The molecule has 0 spiro atoms. The standard InChI is InChI=1S/C15H12ClFN2O/c1-20-12-3-4-13(16)15(7-12)19-9-11-6-10(8-18)2-5-14(11)17/h2-7,19H,9H2,1H3. The maximum atomic E-state index is 13.6. The molecule has 0 fully saturated rings. The highest BCUT2D eigenvalue weighted by Crippen LogP contribution is 2.27. The number of nitrogens with one attached hydrogen (secondary N) is 1. The molecule has 0 aliphatic rings. The highest BCUT2D eigenvalue weighted by Gasteiger charge is 2.06. The van der Waals surface area contributed by atoms with Crippen molar-refractivity contribution in [2.45, 2.75) is 6.54 Å². The van der Waals surface area contributed by atoms with E-state index in [1.165, 1.54) is 18.2 Å². The van der Waals surface area contributed by atoms with Gasteiger partial charge in [0.05, 0.1) is 29.5 Å². The van der Waals surface area contributed by atoms with E-state index in [0.717, 1.165) is 0 Å². The minimum absolute atomic E-state index is 0.230. The third-order valence-electron chi connectivity index (χ3n) is 2.82. The zero-order valence-electron chi connectivity index (χ0n) is 10.8. The van der Waals surface area contributed by atoms with Crippen LogP contribution in [0.3, 0.4) is 0 Å². The molecule has 2 rings (SSSR count). The number of nitriles is 1. The Kier molecular flexibility index (Phi) is 4.44.